The summed E-state index contributed by atoms with van der Waals surface area (Å²) in [5, 5.41) is 0. The summed E-state index contributed by atoms with van der Waals surface area (Å²) < 4.78 is 0. The van der Waals surface area contributed by atoms with Gasteiger partial charge in [0.15, 0.2) is 0 Å². The van der Waals surface area contributed by atoms with Crippen LogP contribution in [0.5, 0.6) is 0 Å². The van der Waals surface area contributed by atoms with E-state index in [1.807, 2.05) is 12.3 Å². The van der Waals surface area contributed by atoms with E-state index in [-0.39, 0.29) is 0 Å². The molecule has 0 fully saturated rings. The molecule has 1 rings (SSSR count). The summed E-state index contributed by atoms with van der Waals surface area (Å²) in [4.78, 5) is 3.92. The van der Waals surface area contributed by atoms with Crippen molar-refractivity contribution in [3.8, 4) is 0 Å². The van der Waals surface area contributed by atoms with E-state index in [0.717, 1.165) is 0 Å². The maximum atomic E-state index is 3.92. The molecule has 0 spiro atoms. The Morgan fingerprint density at radius 2 is 2.33 bits per heavy atom. The Labute approximate surface area is 74.2 Å². The minimum atomic E-state index is 1.17. The van der Waals surface area contributed by atoms with E-state index in [1.165, 1.54) is 24.0 Å². The molecule has 0 amide bonds. The molecule has 1 aliphatic carbocycles. The van der Waals surface area contributed by atoms with Gasteiger partial charge in [0.05, 0.1) is 0 Å². The lowest BCUT2D eigenvalue weighted by atomic mass is 10.0. The van der Waals surface area contributed by atoms with E-state index in [4.69, 9.17) is 0 Å². The van der Waals surface area contributed by atoms with Gasteiger partial charge in [-0.15, -0.1) is 0 Å². The molecular weight excluding hydrogens is 146 g/mol. The predicted molar refractivity (Wildman–Crippen MR) is 54.6 cm³/mol. The number of hydrogen-bond acceptors (Lipinski definition) is 1. The number of aliphatic imine (C=N–C) groups is 1. The first-order valence-electron chi connectivity index (χ1n) is 4.30. The average molecular weight is 161 g/mol. The minimum absolute atomic E-state index is 1.17. The Morgan fingerprint density at radius 1 is 1.50 bits per heavy atom. The van der Waals surface area contributed by atoms with Crippen LogP contribution in [0.3, 0.4) is 0 Å². The molecule has 0 aromatic rings. The third kappa shape index (κ3) is 2.50. The first-order chi connectivity index (χ1) is 5.84. The number of hydrogen-bond donors (Lipinski definition) is 0. The normalized spacial score (nSPS) is 18.5. The molecule has 0 heterocycles. The summed E-state index contributed by atoms with van der Waals surface area (Å²) in [6, 6.07) is 0. The zero-order valence-electron chi connectivity index (χ0n) is 7.75. The van der Waals surface area contributed by atoms with Gasteiger partial charge in [0.1, 0.15) is 0 Å². The molecule has 0 aliphatic heterocycles. The van der Waals surface area contributed by atoms with Gasteiger partial charge in [0.2, 0.25) is 0 Å². The van der Waals surface area contributed by atoms with Crippen molar-refractivity contribution in [1.82, 2.24) is 0 Å². The highest BCUT2D eigenvalue weighted by Crippen LogP contribution is 2.16. The number of nitrogens with zero attached hydrogens (tertiary/aromatic N) is 1. The highest BCUT2D eigenvalue weighted by Gasteiger charge is 1.97. The molecule has 1 aliphatic rings. The van der Waals surface area contributed by atoms with Crippen LogP contribution in [-0.4, -0.2) is 13.3 Å². The molecule has 0 aromatic heterocycles. The Morgan fingerprint density at radius 3 is 2.92 bits per heavy atom. The van der Waals surface area contributed by atoms with Crippen molar-refractivity contribution < 1.29 is 0 Å². The van der Waals surface area contributed by atoms with Crippen molar-refractivity contribution in [1.29, 1.82) is 0 Å². The molecule has 0 bridgehead atoms. The molecule has 64 valence electrons. The molecule has 12 heavy (non-hydrogen) atoms. The first kappa shape index (κ1) is 8.98. The van der Waals surface area contributed by atoms with Crippen LogP contribution in [0, 0.1) is 0 Å². The van der Waals surface area contributed by atoms with Crippen molar-refractivity contribution in [2.24, 2.45) is 4.99 Å². The van der Waals surface area contributed by atoms with Crippen molar-refractivity contribution >= 4 is 6.21 Å². The second-order valence-corrected chi connectivity index (χ2v) is 2.90. The number of rotatable bonds is 2. The summed E-state index contributed by atoms with van der Waals surface area (Å²) in [7, 11) is 1.79. The van der Waals surface area contributed by atoms with Gasteiger partial charge in [-0.2, -0.15) is 0 Å². The van der Waals surface area contributed by atoms with Crippen LogP contribution in [0.25, 0.3) is 0 Å². The van der Waals surface area contributed by atoms with Crippen LogP contribution >= 0.6 is 0 Å². The average Bonchev–Trinajstić information content (AvgIpc) is 2.15. The van der Waals surface area contributed by atoms with Gasteiger partial charge in [-0.3, -0.25) is 4.99 Å². The van der Waals surface area contributed by atoms with Crippen LogP contribution in [0.2, 0.25) is 0 Å². The van der Waals surface area contributed by atoms with E-state index in [0.29, 0.717) is 0 Å². The third-order valence-electron chi connectivity index (χ3n) is 1.92. The Hall–Kier alpha value is -1.11. The lowest BCUT2D eigenvalue weighted by Crippen LogP contribution is -1.87. The zero-order chi connectivity index (χ0) is 8.81. The van der Waals surface area contributed by atoms with Gasteiger partial charge >= 0.3 is 0 Å². The molecule has 0 saturated heterocycles. The lowest BCUT2D eigenvalue weighted by molar-refractivity contribution is 1.02. The maximum Gasteiger partial charge on any atom is 0.0277 e. The van der Waals surface area contributed by atoms with E-state index >= 15 is 0 Å². The Kier molecular flexibility index (Phi) is 3.52. The molecule has 0 atom stereocenters. The Balaban J connectivity index is 2.69. The van der Waals surface area contributed by atoms with E-state index < -0.39 is 0 Å². The van der Waals surface area contributed by atoms with E-state index in [1.54, 1.807) is 7.05 Å². The first-order valence-corrected chi connectivity index (χ1v) is 4.30. The standard InChI is InChI=1S/C11H15N/c1-10(8-9-12-2)11-6-4-3-5-7-11/h4,6-9H,3,5H2,1-2H3/b10-8-,12-9?. The fourth-order valence-corrected chi connectivity index (χ4v) is 1.19. The summed E-state index contributed by atoms with van der Waals surface area (Å²) in [6.07, 6.45) is 12.9. The van der Waals surface area contributed by atoms with Crippen molar-refractivity contribution in [3.05, 3.63) is 35.5 Å². The second kappa shape index (κ2) is 4.70. The molecule has 1 nitrogen and oxygen atoms in total. The topological polar surface area (TPSA) is 12.4 Å². The van der Waals surface area contributed by atoms with Crippen LogP contribution in [-0.2, 0) is 0 Å². The quantitative estimate of drug-likeness (QED) is 0.552. The van der Waals surface area contributed by atoms with Crippen molar-refractivity contribution in [2.75, 3.05) is 7.05 Å². The SMILES string of the molecule is CN=C/C=C(/C)C1=CCCC=C1. The van der Waals surface area contributed by atoms with Gasteiger partial charge in [0.25, 0.3) is 0 Å². The molecule has 0 aromatic carbocycles. The maximum absolute atomic E-state index is 3.92. The van der Waals surface area contributed by atoms with Gasteiger partial charge in [-0.05, 0) is 37.0 Å². The monoisotopic (exact) mass is 161 g/mol. The zero-order valence-corrected chi connectivity index (χ0v) is 7.75. The van der Waals surface area contributed by atoms with Crippen LogP contribution in [0.4, 0.5) is 0 Å². The smallest absolute Gasteiger partial charge is 0.0277 e. The fourth-order valence-electron chi connectivity index (χ4n) is 1.19. The predicted octanol–water partition coefficient (Wildman–Crippen LogP) is 2.91. The molecule has 0 radical (unpaired) electrons. The second-order valence-electron chi connectivity index (χ2n) is 2.90. The molecular formula is C11H15N. The number of allylic oxidation sites excluding steroid dienone is 6. The van der Waals surface area contributed by atoms with Gasteiger partial charge in [-0.25, -0.2) is 0 Å². The molecule has 1 heteroatoms. The van der Waals surface area contributed by atoms with Gasteiger partial charge in [0, 0.05) is 13.3 Å². The van der Waals surface area contributed by atoms with Gasteiger partial charge < -0.3 is 0 Å². The van der Waals surface area contributed by atoms with Crippen molar-refractivity contribution in [2.45, 2.75) is 19.8 Å². The van der Waals surface area contributed by atoms with Crippen LogP contribution in [0.1, 0.15) is 19.8 Å². The van der Waals surface area contributed by atoms with Crippen LogP contribution < -0.4 is 0 Å². The van der Waals surface area contributed by atoms with Gasteiger partial charge in [-0.1, -0.05) is 18.2 Å². The highest BCUT2D eigenvalue weighted by atomic mass is 14.6. The van der Waals surface area contributed by atoms with E-state index in [2.05, 4.69) is 30.1 Å². The molecule has 0 unspecified atom stereocenters. The minimum Gasteiger partial charge on any atom is -0.297 e. The summed E-state index contributed by atoms with van der Waals surface area (Å²) >= 11 is 0. The summed E-state index contributed by atoms with van der Waals surface area (Å²) in [5.74, 6) is 0. The third-order valence-corrected chi connectivity index (χ3v) is 1.92. The summed E-state index contributed by atoms with van der Waals surface area (Å²) in [5.41, 5.74) is 2.62. The fraction of sp³-hybridized carbons (Fsp3) is 0.364. The highest BCUT2D eigenvalue weighted by molar-refractivity contribution is 5.73. The Bertz CT molecular complexity index is 254. The lowest BCUT2D eigenvalue weighted by Gasteiger charge is -2.05. The van der Waals surface area contributed by atoms with E-state index in [9.17, 15) is 0 Å². The molecule has 0 saturated carbocycles. The largest absolute Gasteiger partial charge is 0.297 e. The molecule has 0 N–H and O–H groups in total. The van der Waals surface area contributed by atoms with Crippen LogP contribution in [0.15, 0.2) is 40.4 Å². The van der Waals surface area contributed by atoms with Crippen molar-refractivity contribution in [3.63, 3.8) is 0 Å². The summed E-state index contributed by atoms with van der Waals surface area (Å²) in [6.45, 7) is 2.11.